The molecule has 1 aliphatic heterocycles. The molecule has 25 heavy (non-hydrogen) atoms. The molecule has 0 spiro atoms. The predicted octanol–water partition coefficient (Wildman–Crippen LogP) is 3.26. The highest BCUT2D eigenvalue weighted by Crippen LogP contribution is 2.48. The van der Waals surface area contributed by atoms with Crippen molar-refractivity contribution in [3.8, 4) is 0 Å². The normalized spacial score (nSPS) is 26.3. The second-order valence-electron chi connectivity index (χ2n) is 8.17. The van der Waals surface area contributed by atoms with Gasteiger partial charge in [-0.05, 0) is 45.6 Å². The van der Waals surface area contributed by atoms with Crippen molar-refractivity contribution in [2.24, 2.45) is 5.92 Å². The van der Waals surface area contributed by atoms with E-state index in [9.17, 15) is 9.59 Å². The summed E-state index contributed by atoms with van der Waals surface area (Å²) in [5.41, 5.74) is 0.752. The average Bonchev–Trinajstić information content (AvgIpc) is 3.33. The third-order valence-corrected chi connectivity index (χ3v) is 4.90. The van der Waals surface area contributed by atoms with E-state index >= 15 is 0 Å². The first-order valence-electron chi connectivity index (χ1n) is 9.09. The SMILES string of the molecule is C[C@@H]1CN(C(=O)[C@H]2C[C@@H]2c2ccccc2)CCN1C(=O)OC(C)(C)C. The van der Waals surface area contributed by atoms with Crippen molar-refractivity contribution in [1.29, 1.82) is 0 Å². The Labute approximate surface area is 149 Å². The van der Waals surface area contributed by atoms with Gasteiger partial charge in [0, 0.05) is 31.6 Å². The third-order valence-electron chi connectivity index (χ3n) is 4.90. The van der Waals surface area contributed by atoms with E-state index in [4.69, 9.17) is 4.74 Å². The van der Waals surface area contributed by atoms with Gasteiger partial charge in [0.05, 0.1) is 0 Å². The monoisotopic (exact) mass is 344 g/mol. The molecule has 2 aliphatic rings. The molecule has 1 heterocycles. The van der Waals surface area contributed by atoms with Crippen LogP contribution in [0.25, 0.3) is 0 Å². The molecule has 0 unspecified atom stereocenters. The van der Waals surface area contributed by atoms with E-state index in [1.165, 1.54) is 5.56 Å². The van der Waals surface area contributed by atoms with Crippen LogP contribution in [0.2, 0.25) is 0 Å². The lowest BCUT2D eigenvalue weighted by Crippen LogP contribution is -2.56. The molecule has 1 aliphatic carbocycles. The van der Waals surface area contributed by atoms with Gasteiger partial charge in [-0.3, -0.25) is 4.79 Å². The number of hydrogen-bond donors (Lipinski definition) is 0. The summed E-state index contributed by atoms with van der Waals surface area (Å²) in [5.74, 6) is 0.681. The lowest BCUT2D eigenvalue weighted by atomic mass is 10.1. The number of rotatable bonds is 2. The molecule has 1 saturated heterocycles. The molecular formula is C20H28N2O3. The zero-order valence-corrected chi connectivity index (χ0v) is 15.6. The van der Waals surface area contributed by atoms with E-state index in [2.05, 4.69) is 12.1 Å². The molecule has 136 valence electrons. The number of amides is 2. The molecule has 1 saturated carbocycles. The largest absolute Gasteiger partial charge is 0.444 e. The number of ether oxygens (including phenoxy) is 1. The first-order chi connectivity index (χ1) is 11.8. The van der Waals surface area contributed by atoms with E-state index < -0.39 is 5.60 Å². The first-order valence-corrected chi connectivity index (χ1v) is 9.09. The molecule has 0 bridgehead atoms. The zero-order chi connectivity index (χ0) is 18.2. The van der Waals surface area contributed by atoms with Crippen LogP contribution < -0.4 is 0 Å². The fourth-order valence-corrected chi connectivity index (χ4v) is 3.52. The van der Waals surface area contributed by atoms with Crippen molar-refractivity contribution < 1.29 is 14.3 Å². The Balaban J connectivity index is 1.55. The second-order valence-corrected chi connectivity index (χ2v) is 8.17. The summed E-state index contributed by atoms with van der Waals surface area (Å²) in [5, 5.41) is 0. The maximum Gasteiger partial charge on any atom is 0.410 e. The van der Waals surface area contributed by atoms with Crippen LogP contribution in [0.4, 0.5) is 4.79 Å². The van der Waals surface area contributed by atoms with Crippen LogP contribution in [0.3, 0.4) is 0 Å². The first kappa shape index (κ1) is 17.8. The molecule has 2 fully saturated rings. The van der Waals surface area contributed by atoms with Crippen LogP contribution in [-0.4, -0.2) is 53.1 Å². The van der Waals surface area contributed by atoms with Gasteiger partial charge < -0.3 is 14.5 Å². The Morgan fingerprint density at radius 1 is 1.12 bits per heavy atom. The highest BCUT2D eigenvalue weighted by molar-refractivity contribution is 5.83. The zero-order valence-electron chi connectivity index (χ0n) is 15.6. The summed E-state index contributed by atoms with van der Waals surface area (Å²) in [6, 6.07) is 10.2. The standard InChI is InChI=1S/C20H28N2O3/c1-14-13-21(10-11-22(14)19(24)25-20(2,3)4)18(23)17-12-16(17)15-8-6-5-7-9-15/h5-9,14,16-17H,10-13H2,1-4H3/t14-,16-,17+/m1/s1. The summed E-state index contributed by atoms with van der Waals surface area (Å²) in [4.78, 5) is 28.7. The van der Waals surface area contributed by atoms with E-state index in [0.29, 0.717) is 25.6 Å². The van der Waals surface area contributed by atoms with Crippen molar-refractivity contribution in [2.45, 2.75) is 51.7 Å². The molecule has 1 aromatic carbocycles. The Morgan fingerprint density at radius 2 is 1.80 bits per heavy atom. The van der Waals surface area contributed by atoms with Gasteiger partial charge in [-0.1, -0.05) is 30.3 Å². The van der Waals surface area contributed by atoms with Gasteiger partial charge in [0.25, 0.3) is 0 Å². The molecule has 5 nitrogen and oxygen atoms in total. The number of carbonyl (C=O) groups excluding carboxylic acids is 2. The lowest BCUT2D eigenvalue weighted by Gasteiger charge is -2.40. The molecule has 3 rings (SSSR count). The number of benzene rings is 1. The Kier molecular flexibility index (Phi) is 4.76. The number of hydrogen-bond acceptors (Lipinski definition) is 3. The second kappa shape index (κ2) is 6.70. The third kappa shape index (κ3) is 4.14. The highest BCUT2D eigenvalue weighted by Gasteiger charge is 2.46. The molecule has 0 aromatic heterocycles. The minimum atomic E-state index is -0.499. The van der Waals surface area contributed by atoms with Crippen molar-refractivity contribution in [2.75, 3.05) is 19.6 Å². The fraction of sp³-hybridized carbons (Fsp3) is 0.600. The number of carbonyl (C=O) groups is 2. The molecular weight excluding hydrogens is 316 g/mol. The van der Waals surface area contributed by atoms with Gasteiger partial charge in [0.1, 0.15) is 5.60 Å². The fourth-order valence-electron chi connectivity index (χ4n) is 3.52. The summed E-state index contributed by atoms with van der Waals surface area (Å²) >= 11 is 0. The summed E-state index contributed by atoms with van der Waals surface area (Å²) in [6.45, 7) is 9.27. The van der Waals surface area contributed by atoms with Crippen LogP contribution in [0.5, 0.6) is 0 Å². The summed E-state index contributed by atoms with van der Waals surface area (Å²) in [7, 11) is 0. The van der Waals surface area contributed by atoms with Crippen molar-refractivity contribution in [3.63, 3.8) is 0 Å². The highest BCUT2D eigenvalue weighted by atomic mass is 16.6. The molecule has 0 radical (unpaired) electrons. The molecule has 0 N–H and O–H groups in total. The topological polar surface area (TPSA) is 49.9 Å². The molecule has 3 atom stereocenters. The van der Waals surface area contributed by atoms with E-state index in [1.54, 1.807) is 4.90 Å². The Morgan fingerprint density at radius 3 is 2.40 bits per heavy atom. The number of piperazine rings is 1. The minimum Gasteiger partial charge on any atom is -0.444 e. The van der Waals surface area contributed by atoms with Crippen molar-refractivity contribution in [3.05, 3.63) is 35.9 Å². The van der Waals surface area contributed by atoms with Crippen molar-refractivity contribution >= 4 is 12.0 Å². The molecule has 2 amide bonds. The quantitative estimate of drug-likeness (QED) is 0.827. The minimum absolute atomic E-state index is 0.0264. The average molecular weight is 344 g/mol. The maximum absolute atomic E-state index is 12.8. The van der Waals surface area contributed by atoms with Crippen LogP contribution in [-0.2, 0) is 9.53 Å². The van der Waals surface area contributed by atoms with E-state index in [-0.39, 0.29) is 24.0 Å². The smallest absolute Gasteiger partial charge is 0.410 e. The van der Waals surface area contributed by atoms with Crippen LogP contribution in [0.1, 0.15) is 45.6 Å². The van der Waals surface area contributed by atoms with Gasteiger partial charge in [0.2, 0.25) is 5.91 Å². The van der Waals surface area contributed by atoms with Crippen LogP contribution in [0.15, 0.2) is 30.3 Å². The van der Waals surface area contributed by atoms with Gasteiger partial charge in [-0.2, -0.15) is 0 Å². The Bertz CT molecular complexity index is 638. The van der Waals surface area contributed by atoms with Crippen LogP contribution >= 0.6 is 0 Å². The van der Waals surface area contributed by atoms with Gasteiger partial charge in [0.15, 0.2) is 0 Å². The van der Waals surface area contributed by atoms with Gasteiger partial charge in [-0.15, -0.1) is 0 Å². The van der Waals surface area contributed by atoms with E-state index in [0.717, 1.165) is 6.42 Å². The Hall–Kier alpha value is -2.04. The lowest BCUT2D eigenvalue weighted by molar-refractivity contribution is -0.135. The van der Waals surface area contributed by atoms with Crippen LogP contribution in [0, 0.1) is 5.92 Å². The van der Waals surface area contributed by atoms with Gasteiger partial charge >= 0.3 is 6.09 Å². The van der Waals surface area contributed by atoms with E-state index in [1.807, 2.05) is 50.8 Å². The number of nitrogens with zero attached hydrogens (tertiary/aromatic N) is 2. The predicted molar refractivity (Wildman–Crippen MR) is 96.3 cm³/mol. The van der Waals surface area contributed by atoms with Gasteiger partial charge in [-0.25, -0.2) is 4.79 Å². The summed E-state index contributed by atoms with van der Waals surface area (Å²) < 4.78 is 5.46. The summed E-state index contributed by atoms with van der Waals surface area (Å²) in [6.07, 6.45) is 0.643. The maximum atomic E-state index is 12.8. The molecule has 5 heteroatoms. The van der Waals surface area contributed by atoms with Crippen molar-refractivity contribution in [1.82, 2.24) is 9.80 Å². The molecule has 1 aromatic rings.